The lowest BCUT2D eigenvalue weighted by atomic mass is 10.2. The Morgan fingerprint density at radius 3 is 2.42 bits per heavy atom. The molecule has 26 heavy (non-hydrogen) atoms. The molecule has 0 aliphatic heterocycles. The molecular formula is C16H16ClN3O5S. The van der Waals surface area contributed by atoms with Gasteiger partial charge in [-0.2, -0.15) is 0 Å². The van der Waals surface area contributed by atoms with E-state index in [-0.39, 0.29) is 29.5 Å². The molecule has 8 nitrogen and oxygen atoms in total. The largest absolute Gasteiger partial charge is 0.326 e. The Hall–Kier alpha value is -2.49. The lowest BCUT2D eigenvalue weighted by molar-refractivity contribution is -0.384. The van der Waals surface area contributed by atoms with Crippen LogP contribution < -0.4 is 10.0 Å². The molecule has 0 spiro atoms. The Morgan fingerprint density at radius 1 is 1.19 bits per heavy atom. The van der Waals surface area contributed by atoms with E-state index in [0.717, 1.165) is 29.8 Å². The highest BCUT2D eigenvalue weighted by Gasteiger charge is 2.16. The molecule has 2 aromatic rings. The van der Waals surface area contributed by atoms with Crippen LogP contribution in [-0.2, 0) is 14.8 Å². The van der Waals surface area contributed by atoms with E-state index in [2.05, 4.69) is 10.0 Å². The Morgan fingerprint density at radius 2 is 1.85 bits per heavy atom. The minimum Gasteiger partial charge on any atom is -0.326 e. The summed E-state index contributed by atoms with van der Waals surface area (Å²) in [4.78, 5) is 21.7. The maximum absolute atomic E-state index is 12.1. The summed E-state index contributed by atoms with van der Waals surface area (Å²) in [7, 11) is -3.86. The number of anilines is 1. The number of amides is 1. The predicted molar refractivity (Wildman–Crippen MR) is 97.7 cm³/mol. The van der Waals surface area contributed by atoms with Gasteiger partial charge in [0.1, 0.15) is 0 Å². The van der Waals surface area contributed by atoms with Gasteiger partial charge in [-0.05, 0) is 36.8 Å². The van der Waals surface area contributed by atoms with Crippen molar-refractivity contribution in [3.05, 3.63) is 63.2 Å². The number of nitro groups is 1. The monoisotopic (exact) mass is 397 g/mol. The minimum absolute atomic E-state index is 0.0856. The minimum atomic E-state index is -3.86. The van der Waals surface area contributed by atoms with E-state index in [4.69, 9.17) is 11.6 Å². The van der Waals surface area contributed by atoms with Gasteiger partial charge in [0.25, 0.3) is 5.69 Å². The molecule has 0 aliphatic carbocycles. The van der Waals surface area contributed by atoms with Gasteiger partial charge in [0.2, 0.25) is 15.9 Å². The summed E-state index contributed by atoms with van der Waals surface area (Å²) in [5.41, 5.74) is 1.18. The predicted octanol–water partition coefficient (Wildman–Crippen LogP) is 2.86. The van der Waals surface area contributed by atoms with E-state index < -0.39 is 14.9 Å². The molecule has 2 N–H and O–H groups in total. The zero-order valence-corrected chi connectivity index (χ0v) is 15.3. The molecule has 0 aliphatic rings. The molecule has 0 unspecified atom stereocenters. The fourth-order valence-corrected chi connectivity index (χ4v) is 3.24. The van der Waals surface area contributed by atoms with Crippen molar-refractivity contribution in [2.45, 2.75) is 18.2 Å². The lowest BCUT2D eigenvalue weighted by Crippen LogP contribution is -2.27. The zero-order chi connectivity index (χ0) is 19.3. The average Bonchev–Trinajstić information content (AvgIpc) is 2.58. The first-order valence-electron chi connectivity index (χ1n) is 7.49. The number of aryl methyl sites for hydroxylation is 1. The second-order valence-electron chi connectivity index (χ2n) is 5.41. The molecule has 0 atom stereocenters. The molecular weight excluding hydrogens is 382 g/mol. The number of nitrogens with one attached hydrogen (secondary N) is 2. The Labute approximate surface area is 155 Å². The third kappa shape index (κ3) is 5.25. The summed E-state index contributed by atoms with van der Waals surface area (Å²) in [6.45, 7) is 1.71. The number of carbonyl (C=O) groups excluding carboxylic acids is 1. The van der Waals surface area contributed by atoms with Crippen molar-refractivity contribution in [2.24, 2.45) is 0 Å². The fourth-order valence-electron chi connectivity index (χ4n) is 2.02. The molecule has 10 heteroatoms. The number of halogens is 1. The van der Waals surface area contributed by atoms with Gasteiger partial charge in [-0.1, -0.05) is 17.7 Å². The van der Waals surface area contributed by atoms with E-state index in [1.54, 1.807) is 18.2 Å². The number of hydrogen-bond donors (Lipinski definition) is 2. The summed E-state index contributed by atoms with van der Waals surface area (Å²) in [5, 5.41) is 13.7. The highest BCUT2D eigenvalue weighted by atomic mass is 35.5. The number of rotatable bonds is 7. The Bertz CT molecular complexity index is 929. The van der Waals surface area contributed by atoms with Crippen molar-refractivity contribution in [1.82, 2.24) is 4.72 Å². The number of benzene rings is 2. The summed E-state index contributed by atoms with van der Waals surface area (Å²) >= 11 is 5.97. The second kappa shape index (κ2) is 8.26. The van der Waals surface area contributed by atoms with Crippen LogP contribution in [0.15, 0.2) is 47.4 Å². The van der Waals surface area contributed by atoms with Gasteiger partial charge in [-0.25, -0.2) is 13.1 Å². The molecule has 138 valence electrons. The fraction of sp³-hybridized carbons (Fsp3) is 0.188. The van der Waals surface area contributed by atoms with Crippen LogP contribution >= 0.6 is 11.6 Å². The van der Waals surface area contributed by atoms with Crippen molar-refractivity contribution < 1.29 is 18.1 Å². The van der Waals surface area contributed by atoms with E-state index >= 15 is 0 Å². The topological polar surface area (TPSA) is 118 Å². The van der Waals surface area contributed by atoms with Gasteiger partial charge in [0, 0.05) is 35.8 Å². The van der Waals surface area contributed by atoms with Gasteiger partial charge >= 0.3 is 0 Å². The van der Waals surface area contributed by atoms with Crippen LogP contribution in [0, 0.1) is 17.0 Å². The van der Waals surface area contributed by atoms with Gasteiger partial charge in [-0.3, -0.25) is 14.9 Å². The number of sulfonamides is 1. The molecule has 0 fully saturated rings. The van der Waals surface area contributed by atoms with Crippen LogP contribution in [0.3, 0.4) is 0 Å². The average molecular weight is 398 g/mol. The highest BCUT2D eigenvalue weighted by molar-refractivity contribution is 7.89. The van der Waals surface area contributed by atoms with Crippen molar-refractivity contribution in [3.63, 3.8) is 0 Å². The molecule has 0 aromatic heterocycles. The molecule has 0 radical (unpaired) electrons. The van der Waals surface area contributed by atoms with Crippen molar-refractivity contribution >= 4 is 38.9 Å². The SMILES string of the molecule is Cc1ccc(NC(=O)CCNS(=O)(=O)c2ccc([N+](=O)[O-])cc2)cc1Cl. The first-order valence-corrected chi connectivity index (χ1v) is 9.35. The van der Waals surface area contributed by atoms with E-state index in [0.29, 0.717) is 10.7 Å². The quantitative estimate of drug-likeness (QED) is 0.550. The molecule has 0 saturated carbocycles. The summed E-state index contributed by atoms with van der Waals surface area (Å²) in [5.74, 6) is -0.378. The first kappa shape index (κ1) is 19.8. The normalized spacial score (nSPS) is 11.2. The van der Waals surface area contributed by atoms with E-state index in [9.17, 15) is 23.3 Å². The third-order valence-electron chi connectivity index (χ3n) is 3.46. The van der Waals surface area contributed by atoms with E-state index in [1.165, 1.54) is 0 Å². The summed E-state index contributed by atoms with van der Waals surface area (Å²) in [6, 6.07) is 9.53. The molecule has 2 rings (SSSR count). The van der Waals surface area contributed by atoms with Crippen LogP contribution in [0.25, 0.3) is 0 Å². The van der Waals surface area contributed by atoms with Crippen LogP contribution in [0.2, 0.25) is 5.02 Å². The molecule has 2 aromatic carbocycles. The van der Waals surface area contributed by atoms with Crippen molar-refractivity contribution in [3.8, 4) is 0 Å². The Balaban J connectivity index is 1.90. The van der Waals surface area contributed by atoms with Crippen LogP contribution in [0.5, 0.6) is 0 Å². The van der Waals surface area contributed by atoms with Crippen LogP contribution in [0.4, 0.5) is 11.4 Å². The highest BCUT2D eigenvalue weighted by Crippen LogP contribution is 2.20. The first-order chi connectivity index (χ1) is 12.2. The van der Waals surface area contributed by atoms with Gasteiger partial charge in [0.15, 0.2) is 0 Å². The molecule has 0 heterocycles. The number of carbonyl (C=O) groups is 1. The summed E-state index contributed by atoms with van der Waals surface area (Å²) < 4.78 is 26.5. The van der Waals surface area contributed by atoms with E-state index in [1.807, 2.05) is 6.92 Å². The maximum Gasteiger partial charge on any atom is 0.269 e. The van der Waals surface area contributed by atoms with Crippen molar-refractivity contribution in [1.29, 1.82) is 0 Å². The smallest absolute Gasteiger partial charge is 0.269 e. The van der Waals surface area contributed by atoms with Gasteiger partial charge < -0.3 is 5.32 Å². The standard InChI is InChI=1S/C16H16ClN3O5S/c1-11-2-3-12(10-15(11)17)19-16(21)8-9-18-26(24,25)14-6-4-13(5-7-14)20(22)23/h2-7,10,18H,8-9H2,1H3,(H,19,21). The van der Waals surface area contributed by atoms with Crippen molar-refractivity contribution in [2.75, 3.05) is 11.9 Å². The molecule has 0 bridgehead atoms. The van der Waals surface area contributed by atoms with Gasteiger partial charge in [0.05, 0.1) is 9.82 Å². The molecule has 1 amide bonds. The van der Waals surface area contributed by atoms with Gasteiger partial charge in [-0.15, -0.1) is 0 Å². The molecule has 0 saturated heterocycles. The van der Waals surface area contributed by atoms with Crippen LogP contribution in [0.1, 0.15) is 12.0 Å². The zero-order valence-electron chi connectivity index (χ0n) is 13.7. The maximum atomic E-state index is 12.1. The third-order valence-corrected chi connectivity index (χ3v) is 5.34. The number of nitro benzene ring substituents is 1. The van der Waals surface area contributed by atoms with Crippen LogP contribution in [-0.4, -0.2) is 25.8 Å². The summed E-state index contributed by atoms with van der Waals surface area (Å²) in [6.07, 6.45) is -0.0856. The Kier molecular flexibility index (Phi) is 6.30. The number of nitrogens with zero attached hydrogens (tertiary/aromatic N) is 1. The second-order valence-corrected chi connectivity index (χ2v) is 7.59. The number of non-ortho nitro benzene ring substituents is 1. The number of hydrogen-bond acceptors (Lipinski definition) is 5. The lowest BCUT2D eigenvalue weighted by Gasteiger charge is -2.08.